The first kappa shape index (κ1) is 25.6. The Kier molecular flexibility index (Phi) is 10.7. The smallest absolute Gasteiger partial charge is 0.243 e. The summed E-state index contributed by atoms with van der Waals surface area (Å²) in [5, 5.41) is 4.35. The zero-order valence-corrected chi connectivity index (χ0v) is 20.6. The number of nitrogens with zero attached hydrogens (tertiary/aromatic N) is 1. The van der Waals surface area contributed by atoms with Gasteiger partial charge in [0.1, 0.15) is 6.04 Å². The topological polar surface area (TPSA) is 49.4 Å². The Morgan fingerprint density at radius 2 is 1.71 bits per heavy atom. The lowest BCUT2D eigenvalue weighted by molar-refractivity contribution is -0.139. The molecule has 31 heavy (non-hydrogen) atoms. The number of benzene rings is 2. The van der Waals surface area contributed by atoms with Crippen molar-refractivity contribution in [2.45, 2.75) is 58.0 Å². The van der Waals surface area contributed by atoms with Crippen LogP contribution >= 0.6 is 35.0 Å². The molecule has 0 fully saturated rings. The molecular weight excluding hydrogens is 451 g/mol. The fourth-order valence-corrected chi connectivity index (χ4v) is 4.42. The van der Waals surface area contributed by atoms with Crippen LogP contribution in [0.4, 0.5) is 0 Å². The van der Waals surface area contributed by atoms with Crippen molar-refractivity contribution in [3.63, 3.8) is 0 Å². The average molecular weight is 481 g/mol. The summed E-state index contributed by atoms with van der Waals surface area (Å²) in [6, 6.07) is 14.5. The third kappa shape index (κ3) is 8.06. The molecule has 2 rings (SSSR count). The summed E-state index contributed by atoms with van der Waals surface area (Å²) >= 11 is 13.7. The van der Waals surface area contributed by atoms with Gasteiger partial charge in [0.2, 0.25) is 11.8 Å². The highest BCUT2D eigenvalue weighted by Crippen LogP contribution is 2.22. The largest absolute Gasteiger partial charge is 0.352 e. The van der Waals surface area contributed by atoms with Crippen molar-refractivity contribution in [3.8, 4) is 0 Å². The van der Waals surface area contributed by atoms with E-state index in [1.165, 1.54) is 11.8 Å². The molecule has 0 unspecified atom stereocenters. The van der Waals surface area contributed by atoms with E-state index in [2.05, 4.69) is 5.32 Å². The molecule has 0 spiro atoms. The van der Waals surface area contributed by atoms with Gasteiger partial charge in [-0.3, -0.25) is 9.59 Å². The fraction of sp³-hybridized carbons (Fsp3) is 0.417. The number of carbonyl (C=O) groups excluding carboxylic acids is 2. The van der Waals surface area contributed by atoms with Gasteiger partial charge in [-0.25, -0.2) is 0 Å². The number of amides is 2. The number of hydrogen-bond donors (Lipinski definition) is 1. The lowest BCUT2D eigenvalue weighted by Gasteiger charge is -2.31. The summed E-state index contributed by atoms with van der Waals surface area (Å²) in [5.74, 6) is 0.718. The van der Waals surface area contributed by atoms with Gasteiger partial charge in [0.25, 0.3) is 0 Å². The predicted octanol–water partition coefficient (Wildman–Crippen LogP) is 5.95. The Hall–Kier alpha value is -1.69. The van der Waals surface area contributed by atoms with Gasteiger partial charge in [-0.15, -0.1) is 11.8 Å². The van der Waals surface area contributed by atoms with Crippen molar-refractivity contribution < 1.29 is 9.59 Å². The standard InChI is InChI=1S/C24H30Cl2N2O2S/c1-4-17(3)27-24(30)22(5-2)28(14-18-10-12-20(25)13-11-18)23(29)16-31-15-19-8-6-7-9-21(19)26/h6-13,17,22H,4-5,14-16H2,1-3H3,(H,27,30)/t17-,22-/m1/s1. The van der Waals surface area contributed by atoms with Crippen LogP contribution in [-0.2, 0) is 21.9 Å². The van der Waals surface area contributed by atoms with Gasteiger partial charge in [0, 0.05) is 28.4 Å². The number of thioether (sulfide) groups is 1. The highest BCUT2D eigenvalue weighted by molar-refractivity contribution is 7.99. The summed E-state index contributed by atoms with van der Waals surface area (Å²) < 4.78 is 0. The third-order valence-electron chi connectivity index (χ3n) is 5.09. The Morgan fingerprint density at radius 3 is 2.32 bits per heavy atom. The van der Waals surface area contributed by atoms with Gasteiger partial charge in [-0.2, -0.15) is 0 Å². The van der Waals surface area contributed by atoms with Gasteiger partial charge in [-0.05, 0) is 49.1 Å². The van der Waals surface area contributed by atoms with Crippen LogP contribution in [0, 0.1) is 0 Å². The number of halogens is 2. The Morgan fingerprint density at radius 1 is 1.03 bits per heavy atom. The molecule has 0 aliphatic rings. The molecule has 0 saturated heterocycles. The van der Waals surface area contributed by atoms with Crippen molar-refractivity contribution in [2.75, 3.05) is 5.75 Å². The molecule has 2 amide bonds. The van der Waals surface area contributed by atoms with E-state index in [9.17, 15) is 9.59 Å². The molecule has 7 heteroatoms. The quantitative estimate of drug-likeness (QED) is 0.432. The monoisotopic (exact) mass is 480 g/mol. The van der Waals surface area contributed by atoms with Crippen LogP contribution < -0.4 is 5.32 Å². The summed E-state index contributed by atoms with van der Waals surface area (Å²) in [7, 11) is 0. The summed E-state index contributed by atoms with van der Waals surface area (Å²) in [6.07, 6.45) is 1.37. The summed E-state index contributed by atoms with van der Waals surface area (Å²) in [5.41, 5.74) is 1.93. The number of nitrogens with one attached hydrogen (secondary N) is 1. The average Bonchev–Trinajstić information content (AvgIpc) is 2.76. The minimum atomic E-state index is -0.530. The number of rotatable bonds is 11. The fourth-order valence-electron chi connectivity index (χ4n) is 3.09. The Labute approximate surface area is 199 Å². The predicted molar refractivity (Wildman–Crippen MR) is 132 cm³/mol. The second kappa shape index (κ2) is 13.0. The minimum absolute atomic E-state index is 0.0589. The van der Waals surface area contributed by atoms with Gasteiger partial charge < -0.3 is 10.2 Å². The lowest BCUT2D eigenvalue weighted by atomic mass is 10.1. The highest BCUT2D eigenvalue weighted by atomic mass is 35.5. The van der Waals surface area contributed by atoms with Gasteiger partial charge in [-0.1, -0.05) is 67.4 Å². The molecule has 0 aliphatic heterocycles. The molecule has 168 valence electrons. The molecule has 0 aromatic heterocycles. The van der Waals surface area contributed by atoms with E-state index >= 15 is 0 Å². The van der Waals surface area contributed by atoms with Crippen molar-refractivity contribution in [1.29, 1.82) is 0 Å². The highest BCUT2D eigenvalue weighted by Gasteiger charge is 2.29. The summed E-state index contributed by atoms with van der Waals surface area (Å²) in [4.78, 5) is 27.8. The number of carbonyl (C=O) groups is 2. The first-order valence-electron chi connectivity index (χ1n) is 10.5. The minimum Gasteiger partial charge on any atom is -0.352 e. The number of hydrogen-bond acceptors (Lipinski definition) is 3. The van der Waals surface area contributed by atoms with E-state index in [-0.39, 0.29) is 23.6 Å². The van der Waals surface area contributed by atoms with Gasteiger partial charge in [0.15, 0.2) is 0 Å². The van der Waals surface area contributed by atoms with E-state index in [1.807, 2.05) is 57.2 Å². The first-order chi connectivity index (χ1) is 14.8. The Bertz CT molecular complexity index is 861. The molecule has 2 atom stereocenters. The first-order valence-corrected chi connectivity index (χ1v) is 12.4. The van der Waals surface area contributed by atoms with Crippen molar-refractivity contribution in [1.82, 2.24) is 10.2 Å². The maximum absolute atomic E-state index is 13.2. The van der Waals surface area contributed by atoms with E-state index in [4.69, 9.17) is 23.2 Å². The van der Waals surface area contributed by atoms with Crippen LogP contribution in [0.15, 0.2) is 48.5 Å². The zero-order chi connectivity index (χ0) is 22.8. The van der Waals surface area contributed by atoms with Crippen LogP contribution in [0.5, 0.6) is 0 Å². The van der Waals surface area contributed by atoms with Crippen LogP contribution in [0.1, 0.15) is 44.7 Å². The van der Waals surface area contributed by atoms with Crippen molar-refractivity contribution >= 4 is 46.8 Å². The molecule has 2 aromatic rings. The molecule has 0 aliphatic carbocycles. The summed E-state index contributed by atoms with van der Waals surface area (Å²) in [6.45, 7) is 6.28. The van der Waals surface area contributed by atoms with Crippen LogP contribution in [0.25, 0.3) is 0 Å². The third-order valence-corrected chi connectivity index (χ3v) is 6.68. The van der Waals surface area contributed by atoms with Crippen LogP contribution in [0.2, 0.25) is 10.0 Å². The molecule has 0 bridgehead atoms. The molecule has 0 saturated carbocycles. The van der Waals surface area contributed by atoms with Crippen LogP contribution in [0.3, 0.4) is 0 Å². The maximum Gasteiger partial charge on any atom is 0.243 e. The molecule has 1 N–H and O–H groups in total. The van der Waals surface area contributed by atoms with E-state index in [1.54, 1.807) is 17.0 Å². The van der Waals surface area contributed by atoms with Crippen LogP contribution in [-0.4, -0.2) is 34.6 Å². The lowest BCUT2D eigenvalue weighted by Crippen LogP contribution is -2.51. The normalized spacial score (nSPS) is 12.8. The van der Waals surface area contributed by atoms with Gasteiger partial charge >= 0.3 is 0 Å². The molecule has 2 aromatic carbocycles. The zero-order valence-electron chi connectivity index (χ0n) is 18.2. The SMILES string of the molecule is CC[C@@H](C)NC(=O)[C@@H](CC)N(Cc1ccc(Cl)cc1)C(=O)CSCc1ccccc1Cl. The van der Waals surface area contributed by atoms with E-state index in [0.717, 1.165) is 17.5 Å². The van der Waals surface area contributed by atoms with E-state index < -0.39 is 6.04 Å². The van der Waals surface area contributed by atoms with Crippen molar-refractivity contribution in [3.05, 3.63) is 69.7 Å². The maximum atomic E-state index is 13.2. The molecular formula is C24H30Cl2N2O2S. The molecule has 4 nitrogen and oxygen atoms in total. The molecule has 0 heterocycles. The van der Waals surface area contributed by atoms with E-state index in [0.29, 0.717) is 28.8 Å². The van der Waals surface area contributed by atoms with Crippen molar-refractivity contribution in [2.24, 2.45) is 0 Å². The second-order valence-electron chi connectivity index (χ2n) is 7.47. The Balaban J connectivity index is 2.14. The second-order valence-corrected chi connectivity index (χ2v) is 9.30. The molecule has 0 radical (unpaired) electrons. The van der Waals surface area contributed by atoms with Gasteiger partial charge in [0.05, 0.1) is 5.75 Å².